The maximum absolute atomic E-state index is 14.5. The van der Waals surface area contributed by atoms with Crippen molar-refractivity contribution >= 4 is 33.5 Å². The number of fused-ring (bicyclic) bond motifs is 3. The predicted octanol–water partition coefficient (Wildman–Crippen LogP) is 3.18. The smallest absolute Gasteiger partial charge is 0.346 e. The van der Waals surface area contributed by atoms with E-state index in [4.69, 9.17) is 4.98 Å². The summed E-state index contributed by atoms with van der Waals surface area (Å²) in [5.74, 6) is 0.825. The van der Waals surface area contributed by atoms with E-state index in [0.29, 0.717) is 11.7 Å². The summed E-state index contributed by atoms with van der Waals surface area (Å²) in [4.78, 5) is 31.3. The molecule has 1 unspecified atom stereocenters. The zero-order valence-corrected chi connectivity index (χ0v) is 16.6. The van der Waals surface area contributed by atoms with Crippen molar-refractivity contribution in [3.63, 3.8) is 0 Å². The average Bonchev–Trinajstić information content (AvgIpc) is 3.47. The average molecular weight is 399 g/mol. The van der Waals surface area contributed by atoms with Crippen LogP contribution < -0.4 is 9.80 Å². The Labute approximate surface area is 173 Å². The predicted molar refractivity (Wildman–Crippen MR) is 116 cm³/mol. The Morgan fingerprint density at radius 3 is 2.93 bits per heavy atom. The van der Waals surface area contributed by atoms with E-state index in [-0.39, 0.29) is 16.4 Å². The highest BCUT2D eigenvalue weighted by molar-refractivity contribution is 6.11. The molecule has 150 valence electrons. The molecule has 2 saturated heterocycles. The second kappa shape index (κ2) is 6.68. The molecule has 6 rings (SSSR count). The van der Waals surface area contributed by atoms with Gasteiger partial charge in [-0.05, 0) is 30.4 Å². The van der Waals surface area contributed by atoms with Gasteiger partial charge in [-0.3, -0.25) is 0 Å². The molecule has 0 radical (unpaired) electrons. The second-order valence-corrected chi connectivity index (χ2v) is 8.27. The number of benzene rings is 1. The number of H-pyrrole nitrogens is 1. The Balaban J connectivity index is 1.63. The van der Waals surface area contributed by atoms with Crippen molar-refractivity contribution in [2.24, 2.45) is 0 Å². The van der Waals surface area contributed by atoms with Crippen molar-refractivity contribution in [1.82, 2.24) is 29.7 Å². The lowest BCUT2D eigenvalue weighted by molar-refractivity contribution is 0.0603. The van der Waals surface area contributed by atoms with Crippen LogP contribution in [0.1, 0.15) is 29.8 Å². The quantitative estimate of drug-likeness (QED) is 0.506. The lowest BCUT2D eigenvalue weighted by Gasteiger charge is -2.44. The number of nitrogens with one attached hydrogen (secondary N) is 2. The number of carbonyl (C=O) groups is 1. The SMILES string of the molecule is O=C(c1nccc2ccccc12)[N+]1(c2ncnc3[nH]ccc23)CCC[C@H]2NCC[C@H]21. The third kappa shape index (κ3) is 2.39. The number of nitrogens with zero attached hydrogens (tertiary/aromatic N) is 4. The number of aromatic nitrogens is 4. The minimum atomic E-state index is 0.0337. The van der Waals surface area contributed by atoms with Gasteiger partial charge in [0.05, 0.1) is 12.6 Å². The van der Waals surface area contributed by atoms with Crippen molar-refractivity contribution in [3.8, 4) is 0 Å². The molecule has 1 amide bonds. The van der Waals surface area contributed by atoms with E-state index in [0.717, 1.165) is 60.0 Å². The van der Waals surface area contributed by atoms with E-state index in [1.165, 1.54) is 0 Å². The normalized spacial score (nSPS) is 26.1. The molecule has 0 spiro atoms. The van der Waals surface area contributed by atoms with Crippen LogP contribution in [0.5, 0.6) is 0 Å². The van der Waals surface area contributed by atoms with Gasteiger partial charge in [0.2, 0.25) is 5.82 Å². The van der Waals surface area contributed by atoms with Crippen molar-refractivity contribution in [2.45, 2.75) is 31.3 Å². The number of amides is 1. The van der Waals surface area contributed by atoms with Crippen LogP contribution in [-0.2, 0) is 0 Å². The van der Waals surface area contributed by atoms with Crippen LogP contribution in [0.15, 0.2) is 55.1 Å². The molecular weight excluding hydrogens is 376 g/mol. The number of aromatic amines is 1. The Bertz CT molecular complexity index is 1260. The third-order valence-electron chi connectivity index (χ3n) is 6.85. The zero-order valence-electron chi connectivity index (χ0n) is 16.6. The van der Waals surface area contributed by atoms with Crippen LogP contribution in [0, 0.1) is 0 Å². The number of piperidine rings is 1. The Kier molecular flexibility index (Phi) is 3.94. The first-order valence-corrected chi connectivity index (χ1v) is 10.6. The Morgan fingerprint density at radius 2 is 1.97 bits per heavy atom. The van der Waals surface area contributed by atoms with E-state index in [9.17, 15) is 4.79 Å². The van der Waals surface area contributed by atoms with E-state index < -0.39 is 0 Å². The summed E-state index contributed by atoms with van der Waals surface area (Å²) in [5, 5.41) is 6.47. The summed E-state index contributed by atoms with van der Waals surface area (Å²) in [6.45, 7) is 1.65. The maximum Gasteiger partial charge on any atom is 0.371 e. The first-order chi connectivity index (χ1) is 14.8. The largest absolute Gasteiger partial charge is 0.371 e. The van der Waals surface area contributed by atoms with Gasteiger partial charge < -0.3 is 10.3 Å². The summed E-state index contributed by atoms with van der Waals surface area (Å²) in [6.07, 6.45) is 8.17. The summed E-state index contributed by atoms with van der Waals surface area (Å²) in [7, 11) is 0. The molecule has 2 aliphatic heterocycles. The molecule has 4 aromatic rings. The first-order valence-electron chi connectivity index (χ1n) is 10.6. The van der Waals surface area contributed by atoms with Crippen LogP contribution in [0.25, 0.3) is 21.8 Å². The molecule has 1 aromatic carbocycles. The maximum atomic E-state index is 14.5. The lowest BCUT2D eigenvalue weighted by atomic mass is 9.92. The van der Waals surface area contributed by atoms with Crippen molar-refractivity contribution < 1.29 is 4.79 Å². The summed E-state index contributed by atoms with van der Waals surface area (Å²) >= 11 is 0. The number of quaternary nitrogens is 1. The van der Waals surface area contributed by atoms with Crippen molar-refractivity contribution in [3.05, 3.63) is 60.8 Å². The van der Waals surface area contributed by atoms with Gasteiger partial charge >= 0.3 is 5.91 Å². The molecule has 2 N–H and O–H groups in total. The van der Waals surface area contributed by atoms with Crippen LogP contribution in [0.3, 0.4) is 0 Å². The zero-order chi connectivity index (χ0) is 20.1. The Morgan fingerprint density at radius 1 is 1.03 bits per heavy atom. The fourth-order valence-electron chi connectivity index (χ4n) is 5.57. The first kappa shape index (κ1) is 17.7. The van der Waals surface area contributed by atoms with E-state index in [2.05, 4.69) is 20.3 Å². The molecule has 3 aromatic heterocycles. The van der Waals surface area contributed by atoms with Gasteiger partial charge in [-0.2, -0.15) is 4.98 Å². The van der Waals surface area contributed by atoms with Crippen LogP contribution in [0.4, 0.5) is 5.82 Å². The van der Waals surface area contributed by atoms with Crippen LogP contribution in [-0.4, -0.2) is 51.0 Å². The Hall–Kier alpha value is -3.16. The van der Waals surface area contributed by atoms with Gasteiger partial charge in [-0.25, -0.2) is 19.2 Å². The summed E-state index contributed by atoms with van der Waals surface area (Å²) < 4.78 is 0.204. The molecule has 7 nitrogen and oxygen atoms in total. The minimum Gasteiger partial charge on any atom is -0.346 e. The van der Waals surface area contributed by atoms with E-state index >= 15 is 0 Å². The molecular formula is C23H23N6O+. The van der Waals surface area contributed by atoms with Crippen molar-refractivity contribution in [1.29, 1.82) is 0 Å². The van der Waals surface area contributed by atoms with Gasteiger partial charge in [0.25, 0.3) is 0 Å². The third-order valence-corrected chi connectivity index (χ3v) is 6.85. The molecule has 2 aliphatic rings. The highest BCUT2D eigenvalue weighted by Gasteiger charge is 2.56. The monoisotopic (exact) mass is 399 g/mol. The molecule has 2 fully saturated rings. The van der Waals surface area contributed by atoms with Gasteiger partial charge in [-0.15, -0.1) is 0 Å². The highest BCUT2D eigenvalue weighted by Crippen LogP contribution is 2.41. The molecule has 30 heavy (non-hydrogen) atoms. The van der Waals surface area contributed by atoms with Crippen molar-refractivity contribution in [2.75, 3.05) is 13.1 Å². The fraction of sp³-hybridized carbons (Fsp3) is 0.304. The number of likely N-dealkylation sites (tertiary alicyclic amines) is 1. The second-order valence-electron chi connectivity index (χ2n) is 8.27. The standard InChI is InChI=1S/C23H23N6O/c30-23(20-16-5-2-1-4-15(16)7-10-25-20)29(13-3-6-18-19(29)9-12-24-18)22-17-8-11-26-21(17)27-14-28-22/h1-2,4-5,7-8,10-11,14,18-19,24H,3,6,9,12-13H2,(H,26,27,28)/q+1/t18-,19-,29?/m1/s1. The lowest BCUT2D eigenvalue weighted by Crippen LogP contribution is -2.67. The molecule has 3 atom stereocenters. The van der Waals surface area contributed by atoms with Gasteiger partial charge in [-0.1, -0.05) is 24.3 Å². The molecule has 0 saturated carbocycles. The number of pyridine rings is 1. The van der Waals surface area contributed by atoms with Gasteiger partial charge in [0.15, 0.2) is 5.69 Å². The van der Waals surface area contributed by atoms with E-state index in [1.807, 2.05) is 42.6 Å². The van der Waals surface area contributed by atoms with E-state index in [1.54, 1.807) is 12.5 Å². The van der Waals surface area contributed by atoms with Gasteiger partial charge in [0.1, 0.15) is 23.4 Å². The summed E-state index contributed by atoms with van der Waals surface area (Å²) in [5.41, 5.74) is 1.30. The molecule has 7 heteroatoms. The fourth-order valence-corrected chi connectivity index (χ4v) is 5.57. The topological polar surface area (TPSA) is 83.6 Å². The molecule has 5 heterocycles. The molecule has 0 aliphatic carbocycles. The van der Waals surface area contributed by atoms with Crippen LogP contribution in [0.2, 0.25) is 0 Å². The molecule has 0 bridgehead atoms. The van der Waals surface area contributed by atoms with Gasteiger partial charge in [0, 0.05) is 30.7 Å². The van der Waals surface area contributed by atoms with Crippen LogP contribution >= 0.6 is 0 Å². The highest BCUT2D eigenvalue weighted by atomic mass is 16.2. The minimum absolute atomic E-state index is 0.0337. The summed E-state index contributed by atoms with van der Waals surface area (Å²) in [6, 6.07) is 12.4. The number of carbonyl (C=O) groups excluding carboxylic acids is 1. The number of hydrogen-bond acceptors (Lipinski definition) is 5. The number of hydrogen-bond donors (Lipinski definition) is 2. The number of rotatable bonds is 2.